The van der Waals surface area contributed by atoms with Crippen LogP contribution >= 0.6 is 31.9 Å². The summed E-state index contributed by atoms with van der Waals surface area (Å²) >= 11 is 7.03. The molecule has 7 nitrogen and oxygen atoms in total. The van der Waals surface area contributed by atoms with Gasteiger partial charge in [0.05, 0.1) is 19.6 Å². The number of anilines is 1. The largest absolute Gasteiger partial charge is 0.493 e. The Morgan fingerprint density at radius 3 is 2.75 bits per heavy atom. The zero-order valence-corrected chi connectivity index (χ0v) is 18.0. The molecule has 0 aliphatic carbocycles. The van der Waals surface area contributed by atoms with E-state index in [1.165, 1.54) is 6.33 Å². The number of carbonyl (C=O) groups excluding carboxylic acids is 1. The molecule has 0 spiro atoms. The van der Waals surface area contributed by atoms with Crippen molar-refractivity contribution in [3.8, 4) is 11.5 Å². The van der Waals surface area contributed by atoms with E-state index < -0.39 is 0 Å². The molecule has 0 fully saturated rings. The van der Waals surface area contributed by atoms with E-state index in [4.69, 9.17) is 9.47 Å². The number of nitrogens with one attached hydrogen (secondary N) is 1. The van der Waals surface area contributed by atoms with E-state index in [1.54, 1.807) is 11.8 Å². The summed E-state index contributed by atoms with van der Waals surface area (Å²) in [7, 11) is 1.59. The van der Waals surface area contributed by atoms with E-state index in [2.05, 4.69) is 47.3 Å². The molecule has 1 atom stereocenters. The number of methoxy groups -OCH3 is 1. The van der Waals surface area contributed by atoms with Gasteiger partial charge in [-0.3, -0.25) is 10.1 Å². The topological polar surface area (TPSA) is 78.3 Å². The summed E-state index contributed by atoms with van der Waals surface area (Å²) in [4.78, 5) is 16.1. The molecule has 1 amide bonds. The number of amides is 1. The number of fused-ring (bicyclic) bond motifs is 1. The fourth-order valence-corrected chi connectivity index (χ4v) is 3.92. The van der Waals surface area contributed by atoms with Gasteiger partial charge in [-0.25, -0.2) is 4.68 Å². The maximum absolute atomic E-state index is 12.1. The lowest BCUT2D eigenvalue weighted by molar-refractivity contribution is -0.117. The van der Waals surface area contributed by atoms with Crippen LogP contribution in [0.2, 0.25) is 0 Å². The molecule has 9 heteroatoms. The summed E-state index contributed by atoms with van der Waals surface area (Å²) in [5, 5.41) is 6.96. The van der Waals surface area contributed by atoms with Gasteiger partial charge in [-0.2, -0.15) is 10.1 Å². The second-order valence-electron chi connectivity index (χ2n) is 6.24. The van der Waals surface area contributed by atoms with Crippen molar-refractivity contribution in [1.29, 1.82) is 0 Å². The molecule has 1 aliphatic rings. The van der Waals surface area contributed by atoms with E-state index in [0.29, 0.717) is 24.1 Å². The van der Waals surface area contributed by atoms with Crippen molar-refractivity contribution in [2.24, 2.45) is 0 Å². The highest BCUT2D eigenvalue weighted by Crippen LogP contribution is 2.40. The Labute approximate surface area is 178 Å². The van der Waals surface area contributed by atoms with Gasteiger partial charge in [-0.15, -0.1) is 0 Å². The smallest absolute Gasteiger partial charge is 0.229 e. The molecule has 0 radical (unpaired) electrons. The monoisotopic (exact) mass is 506 g/mol. The zero-order valence-electron chi connectivity index (χ0n) is 14.9. The SMILES string of the molecule is COc1cc([C@H]2CC(=O)Nc3ncnn32)c(Br)cc1OCc1ccc(Br)cc1. The predicted octanol–water partition coefficient (Wildman–Crippen LogP) is 4.32. The second kappa shape index (κ2) is 7.92. The van der Waals surface area contributed by atoms with Crippen molar-refractivity contribution in [3.63, 3.8) is 0 Å². The summed E-state index contributed by atoms with van der Waals surface area (Å²) in [6, 6.07) is 11.4. The fraction of sp³-hybridized carbons (Fsp3) is 0.211. The molecule has 0 unspecified atom stereocenters. The Hall–Kier alpha value is -2.39. The molecule has 0 saturated heterocycles. The Morgan fingerprint density at radius 2 is 2.00 bits per heavy atom. The van der Waals surface area contributed by atoms with Gasteiger partial charge in [0.25, 0.3) is 0 Å². The summed E-state index contributed by atoms with van der Waals surface area (Å²) in [6.07, 6.45) is 1.69. The van der Waals surface area contributed by atoms with Gasteiger partial charge in [0.2, 0.25) is 11.9 Å². The van der Waals surface area contributed by atoms with E-state index in [9.17, 15) is 4.79 Å². The molecule has 28 heavy (non-hydrogen) atoms. The van der Waals surface area contributed by atoms with Crippen LogP contribution in [0.5, 0.6) is 11.5 Å². The first kappa shape index (κ1) is 18.9. The zero-order chi connectivity index (χ0) is 19.7. The molecular weight excluding hydrogens is 492 g/mol. The van der Waals surface area contributed by atoms with Gasteiger partial charge in [-0.1, -0.05) is 44.0 Å². The van der Waals surface area contributed by atoms with Crippen LogP contribution in [0.25, 0.3) is 0 Å². The van der Waals surface area contributed by atoms with E-state index in [-0.39, 0.29) is 18.4 Å². The number of aromatic nitrogens is 3. The quantitative estimate of drug-likeness (QED) is 0.556. The van der Waals surface area contributed by atoms with E-state index >= 15 is 0 Å². The summed E-state index contributed by atoms with van der Waals surface area (Å²) in [6.45, 7) is 0.411. The van der Waals surface area contributed by atoms with Gasteiger partial charge in [0, 0.05) is 8.95 Å². The average Bonchev–Trinajstić information content (AvgIpc) is 3.15. The predicted molar refractivity (Wildman–Crippen MR) is 111 cm³/mol. The average molecular weight is 508 g/mol. The number of ether oxygens (including phenoxy) is 2. The molecule has 1 aromatic heterocycles. The van der Waals surface area contributed by atoms with Crippen molar-refractivity contribution < 1.29 is 14.3 Å². The summed E-state index contributed by atoms with van der Waals surface area (Å²) in [5.74, 6) is 1.53. The Balaban J connectivity index is 1.63. The second-order valence-corrected chi connectivity index (χ2v) is 8.01. The van der Waals surface area contributed by atoms with Crippen LogP contribution in [0.1, 0.15) is 23.6 Å². The third-order valence-electron chi connectivity index (χ3n) is 4.45. The molecule has 2 aromatic carbocycles. The standard InChI is InChI=1S/C19H16Br2N4O3/c1-27-16-6-13(15-8-18(26)24-19-22-10-23-25(15)19)14(21)7-17(16)28-9-11-2-4-12(20)5-3-11/h2-7,10,15H,8-9H2,1H3,(H,22,23,24,26)/t15-/m1/s1. The van der Waals surface area contributed by atoms with Crippen molar-refractivity contribution in [3.05, 3.63) is 62.8 Å². The molecular formula is C19H16Br2N4O3. The third-order valence-corrected chi connectivity index (χ3v) is 5.66. The van der Waals surface area contributed by atoms with Gasteiger partial charge >= 0.3 is 0 Å². The number of rotatable bonds is 5. The Kier molecular flexibility index (Phi) is 5.36. The lowest BCUT2D eigenvalue weighted by Crippen LogP contribution is -2.29. The Bertz CT molecular complexity index is 1020. The number of carbonyl (C=O) groups is 1. The first-order valence-corrected chi connectivity index (χ1v) is 10.1. The van der Waals surface area contributed by atoms with Crippen molar-refractivity contribution in [2.45, 2.75) is 19.1 Å². The van der Waals surface area contributed by atoms with Crippen LogP contribution in [0, 0.1) is 0 Å². The molecule has 2 heterocycles. The normalized spacial score (nSPS) is 15.7. The van der Waals surface area contributed by atoms with Gasteiger partial charge in [-0.05, 0) is 35.4 Å². The molecule has 0 bridgehead atoms. The van der Waals surface area contributed by atoms with Crippen LogP contribution in [0.3, 0.4) is 0 Å². The summed E-state index contributed by atoms with van der Waals surface area (Å²) < 4.78 is 15.0. The highest BCUT2D eigenvalue weighted by molar-refractivity contribution is 9.10. The first-order chi connectivity index (χ1) is 13.5. The minimum absolute atomic E-state index is 0.105. The van der Waals surface area contributed by atoms with Crippen LogP contribution in [-0.2, 0) is 11.4 Å². The highest BCUT2D eigenvalue weighted by atomic mass is 79.9. The van der Waals surface area contributed by atoms with Gasteiger partial charge in [0.1, 0.15) is 12.9 Å². The maximum Gasteiger partial charge on any atom is 0.229 e. The van der Waals surface area contributed by atoms with Crippen LogP contribution < -0.4 is 14.8 Å². The minimum atomic E-state index is -0.282. The lowest BCUT2D eigenvalue weighted by Gasteiger charge is -2.25. The number of hydrogen-bond acceptors (Lipinski definition) is 5. The fourth-order valence-electron chi connectivity index (χ4n) is 3.07. The van der Waals surface area contributed by atoms with Crippen molar-refractivity contribution in [1.82, 2.24) is 14.8 Å². The molecule has 4 rings (SSSR count). The summed E-state index contributed by atoms with van der Waals surface area (Å²) in [5.41, 5.74) is 1.91. The molecule has 0 saturated carbocycles. The number of hydrogen-bond donors (Lipinski definition) is 1. The third kappa shape index (κ3) is 3.77. The molecule has 144 valence electrons. The van der Waals surface area contributed by atoms with Crippen molar-refractivity contribution >= 4 is 43.7 Å². The molecule has 3 aromatic rings. The van der Waals surface area contributed by atoms with Crippen LogP contribution in [0.15, 0.2) is 51.7 Å². The van der Waals surface area contributed by atoms with Crippen LogP contribution in [0.4, 0.5) is 5.95 Å². The Morgan fingerprint density at radius 1 is 1.21 bits per heavy atom. The van der Waals surface area contributed by atoms with E-state index in [0.717, 1.165) is 20.1 Å². The van der Waals surface area contributed by atoms with Crippen molar-refractivity contribution in [2.75, 3.05) is 12.4 Å². The van der Waals surface area contributed by atoms with Gasteiger partial charge < -0.3 is 9.47 Å². The minimum Gasteiger partial charge on any atom is -0.493 e. The van der Waals surface area contributed by atoms with Gasteiger partial charge in [0.15, 0.2) is 11.5 Å². The number of benzene rings is 2. The maximum atomic E-state index is 12.1. The molecule has 1 aliphatic heterocycles. The van der Waals surface area contributed by atoms with Crippen LogP contribution in [-0.4, -0.2) is 27.8 Å². The lowest BCUT2D eigenvalue weighted by atomic mass is 10.0. The number of nitrogens with zero attached hydrogens (tertiary/aromatic N) is 3. The highest BCUT2D eigenvalue weighted by Gasteiger charge is 2.30. The molecule has 1 N–H and O–H groups in total. The first-order valence-electron chi connectivity index (χ1n) is 8.49. The number of halogens is 2. The van der Waals surface area contributed by atoms with E-state index in [1.807, 2.05) is 36.4 Å².